The smallest absolute Gasteiger partial charge is 0.162 e. The van der Waals surface area contributed by atoms with Gasteiger partial charge in [0.2, 0.25) is 0 Å². The van der Waals surface area contributed by atoms with Gasteiger partial charge in [0.25, 0.3) is 0 Å². The van der Waals surface area contributed by atoms with E-state index >= 15 is 0 Å². The first-order valence-corrected chi connectivity index (χ1v) is 6.72. The molecule has 3 heteroatoms. The van der Waals surface area contributed by atoms with Crippen LogP contribution in [-0.2, 0) is 6.61 Å². The molecule has 20 heavy (non-hydrogen) atoms. The fourth-order valence-electron chi connectivity index (χ4n) is 1.78. The van der Waals surface area contributed by atoms with Crippen molar-refractivity contribution in [3.63, 3.8) is 0 Å². The molecule has 0 saturated carbocycles. The molecule has 2 aromatic rings. The summed E-state index contributed by atoms with van der Waals surface area (Å²) in [6.07, 6.45) is 1.73. The van der Waals surface area contributed by atoms with E-state index in [0.29, 0.717) is 30.3 Å². The van der Waals surface area contributed by atoms with Gasteiger partial charge in [-0.2, -0.15) is 0 Å². The second-order valence-electron chi connectivity index (χ2n) is 4.45. The Kier molecular flexibility index (Phi) is 5.18. The first-order chi connectivity index (χ1) is 9.83. The molecule has 2 aromatic carbocycles. The van der Waals surface area contributed by atoms with Crippen LogP contribution in [0.1, 0.15) is 29.3 Å². The molecule has 0 bridgehead atoms. The second kappa shape index (κ2) is 7.34. The van der Waals surface area contributed by atoms with Crippen LogP contribution in [0.4, 0.5) is 0 Å². The van der Waals surface area contributed by atoms with Crippen molar-refractivity contribution in [2.24, 2.45) is 0 Å². The Balaban J connectivity index is 2.12. The predicted molar refractivity (Wildman–Crippen MR) is 78.4 cm³/mol. The third-order valence-electron chi connectivity index (χ3n) is 2.80. The van der Waals surface area contributed by atoms with Crippen molar-refractivity contribution in [2.75, 3.05) is 6.61 Å². The van der Waals surface area contributed by atoms with E-state index < -0.39 is 0 Å². The average molecular weight is 270 g/mol. The molecule has 0 spiro atoms. The molecule has 0 aliphatic rings. The number of carbonyl (C=O) groups excluding carboxylic acids is 1. The maximum atomic E-state index is 10.9. The molecule has 0 heterocycles. The molecule has 0 radical (unpaired) electrons. The summed E-state index contributed by atoms with van der Waals surface area (Å²) in [5.74, 6) is 1.28. The number of carbonyl (C=O) groups is 1. The lowest BCUT2D eigenvalue weighted by Gasteiger charge is -2.13. The Morgan fingerprint density at radius 3 is 2.50 bits per heavy atom. The van der Waals surface area contributed by atoms with Crippen molar-refractivity contribution in [2.45, 2.75) is 20.0 Å². The highest BCUT2D eigenvalue weighted by molar-refractivity contribution is 5.76. The lowest BCUT2D eigenvalue weighted by Crippen LogP contribution is -2.01. The zero-order chi connectivity index (χ0) is 14.2. The van der Waals surface area contributed by atoms with Crippen LogP contribution in [0.3, 0.4) is 0 Å². The fourth-order valence-corrected chi connectivity index (χ4v) is 1.78. The number of hydrogen-bond donors (Lipinski definition) is 0. The third kappa shape index (κ3) is 3.85. The summed E-state index contributed by atoms with van der Waals surface area (Å²) < 4.78 is 11.4. The second-order valence-corrected chi connectivity index (χ2v) is 4.45. The molecular formula is C17H18O3. The normalized spacial score (nSPS) is 10.1. The fraction of sp³-hybridized carbons (Fsp3) is 0.235. The van der Waals surface area contributed by atoms with Crippen molar-refractivity contribution in [3.8, 4) is 11.5 Å². The van der Waals surface area contributed by atoms with Crippen molar-refractivity contribution < 1.29 is 14.3 Å². The zero-order valence-corrected chi connectivity index (χ0v) is 11.5. The maximum absolute atomic E-state index is 10.9. The lowest BCUT2D eigenvalue weighted by atomic mass is 10.2. The van der Waals surface area contributed by atoms with Crippen molar-refractivity contribution >= 4 is 6.29 Å². The van der Waals surface area contributed by atoms with E-state index in [0.717, 1.165) is 18.3 Å². The molecule has 0 unspecified atom stereocenters. The van der Waals surface area contributed by atoms with Crippen molar-refractivity contribution in [1.29, 1.82) is 0 Å². The summed E-state index contributed by atoms with van der Waals surface area (Å²) in [6.45, 7) is 3.12. The minimum Gasteiger partial charge on any atom is -0.490 e. The van der Waals surface area contributed by atoms with Gasteiger partial charge in [0.1, 0.15) is 12.9 Å². The van der Waals surface area contributed by atoms with E-state index in [9.17, 15) is 4.79 Å². The zero-order valence-electron chi connectivity index (χ0n) is 11.5. The number of aldehydes is 1. The van der Waals surface area contributed by atoms with Gasteiger partial charge < -0.3 is 9.47 Å². The van der Waals surface area contributed by atoms with Gasteiger partial charge in [0.15, 0.2) is 11.5 Å². The molecule has 0 aliphatic carbocycles. The summed E-state index contributed by atoms with van der Waals surface area (Å²) >= 11 is 0. The van der Waals surface area contributed by atoms with Gasteiger partial charge in [0.05, 0.1) is 6.61 Å². The molecule has 2 rings (SSSR count). The monoisotopic (exact) mass is 270 g/mol. The molecule has 104 valence electrons. The molecule has 0 N–H and O–H groups in total. The van der Waals surface area contributed by atoms with Crippen LogP contribution in [0.25, 0.3) is 0 Å². The summed E-state index contributed by atoms with van der Waals surface area (Å²) in [5, 5.41) is 0. The number of ether oxygens (including phenoxy) is 2. The van der Waals surface area contributed by atoms with Crippen molar-refractivity contribution in [1.82, 2.24) is 0 Å². The van der Waals surface area contributed by atoms with Gasteiger partial charge in [-0.15, -0.1) is 0 Å². The molecule has 0 fully saturated rings. The number of benzene rings is 2. The van der Waals surface area contributed by atoms with Gasteiger partial charge in [-0.1, -0.05) is 37.3 Å². The molecule has 0 atom stereocenters. The summed E-state index contributed by atoms with van der Waals surface area (Å²) in [4.78, 5) is 10.9. The third-order valence-corrected chi connectivity index (χ3v) is 2.80. The van der Waals surface area contributed by atoms with E-state index in [-0.39, 0.29) is 0 Å². The highest BCUT2D eigenvalue weighted by atomic mass is 16.5. The van der Waals surface area contributed by atoms with Crippen LogP contribution < -0.4 is 9.47 Å². The van der Waals surface area contributed by atoms with E-state index in [2.05, 4.69) is 0 Å². The quantitative estimate of drug-likeness (QED) is 0.716. The highest BCUT2D eigenvalue weighted by Gasteiger charge is 2.07. The Labute approximate surface area is 119 Å². The summed E-state index contributed by atoms with van der Waals surface area (Å²) in [6, 6.07) is 15.1. The minimum atomic E-state index is 0.450. The molecule has 0 aromatic heterocycles. The van der Waals surface area contributed by atoms with Crippen LogP contribution in [0.5, 0.6) is 11.5 Å². The molecule has 0 saturated heterocycles. The number of rotatable bonds is 7. The topological polar surface area (TPSA) is 35.5 Å². The average Bonchev–Trinajstić information content (AvgIpc) is 2.52. The standard InChI is InChI=1S/C17H18O3/c1-2-10-19-16-9-8-15(12-18)11-17(16)20-13-14-6-4-3-5-7-14/h3-9,11-12H,2,10,13H2,1H3. The Bertz CT molecular complexity index is 549. The Hall–Kier alpha value is -2.29. The van der Waals surface area contributed by atoms with Crippen LogP contribution >= 0.6 is 0 Å². The first kappa shape index (κ1) is 14.1. The van der Waals surface area contributed by atoms with E-state index in [4.69, 9.17) is 9.47 Å². The van der Waals surface area contributed by atoms with Gasteiger partial charge in [-0.25, -0.2) is 0 Å². The van der Waals surface area contributed by atoms with Crippen molar-refractivity contribution in [3.05, 3.63) is 59.7 Å². The maximum Gasteiger partial charge on any atom is 0.162 e. The lowest BCUT2D eigenvalue weighted by molar-refractivity contribution is 0.112. The Morgan fingerprint density at radius 1 is 1.00 bits per heavy atom. The molecule has 0 aliphatic heterocycles. The van der Waals surface area contributed by atoms with Crippen LogP contribution in [0, 0.1) is 0 Å². The van der Waals surface area contributed by atoms with E-state index in [1.807, 2.05) is 37.3 Å². The number of hydrogen-bond acceptors (Lipinski definition) is 3. The molecule has 0 amide bonds. The van der Waals surface area contributed by atoms with Gasteiger partial charge >= 0.3 is 0 Å². The largest absolute Gasteiger partial charge is 0.490 e. The van der Waals surface area contributed by atoms with Gasteiger partial charge in [-0.05, 0) is 30.2 Å². The predicted octanol–water partition coefficient (Wildman–Crippen LogP) is 3.87. The first-order valence-electron chi connectivity index (χ1n) is 6.72. The minimum absolute atomic E-state index is 0.450. The van der Waals surface area contributed by atoms with Crippen LogP contribution in [-0.4, -0.2) is 12.9 Å². The molecule has 3 nitrogen and oxygen atoms in total. The van der Waals surface area contributed by atoms with Gasteiger partial charge in [0, 0.05) is 5.56 Å². The highest BCUT2D eigenvalue weighted by Crippen LogP contribution is 2.29. The van der Waals surface area contributed by atoms with Crippen LogP contribution in [0.2, 0.25) is 0 Å². The summed E-state index contributed by atoms with van der Waals surface area (Å²) in [5.41, 5.74) is 1.65. The summed E-state index contributed by atoms with van der Waals surface area (Å²) in [7, 11) is 0. The van der Waals surface area contributed by atoms with E-state index in [1.54, 1.807) is 18.2 Å². The SMILES string of the molecule is CCCOc1ccc(C=O)cc1OCc1ccccc1. The van der Waals surface area contributed by atoms with E-state index in [1.165, 1.54) is 0 Å². The Morgan fingerprint density at radius 2 is 1.80 bits per heavy atom. The molecular weight excluding hydrogens is 252 g/mol. The van der Waals surface area contributed by atoms with Gasteiger partial charge in [-0.3, -0.25) is 4.79 Å². The van der Waals surface area contributed by atoms with Crippen LogP contribution in [0.15, 0.2) is 48.5 Å².